The summed E-state index contributed by atoms with van der Waals surface area (Å²) in [5.41, 5.74) is 3.58. The number of hydrogen-bond donors (Lipinski definition) is 2. The SMILES string of the molecule is Cc1ccccc1CNC(=O)C[NH2+][C@@H](c1ccccc1)c1cccs1. The number of thiophene rings is 1. The van der Waals surface area contributed by atoms with Gasteiger partial charge >= 0.3 is 0 Å². The molecule has 3 aromatic rings. The van der Waals surface area contributed by atoms with Gasteiger partial charge in [0.15, 0.2) is 6.54 Å². The van der Waals surface area contributed by atoms with Crippen molar-refractivity contribution in [3.63, 3.8) is 0 Å². The zero-order valence-electron chi connectivity index (χ0n) is 14.3. The Bertz CT molecular complexity index is 800. The molecule has 25 heavy (non-hydrogen) atoms. The first-order valence-corrected chi connectivity index (χ1v) is 9.35. The van der Waals surface area contributed by atoms with Gasteiger partial charge < -0.3 is 10.6 Å². The van der Waals surface area contributed by atoms with Crippen LogP contribution in [0.1, 0.15) is 27.6 Å². The van der Waals surface area contributed by atoms with Crippen LogP contribution in [0.5, 0.6) is 0 Å². The quantitative estimate of drug-likeness (QED) is 0.675. The zero-order chi connectivity index (χ0) is 17.5. The molecule has 0 saturated heterocycles. The van der Waals surface area contributed by atoms with Gasteiger partial charge in [-0.2, -0.15) is 0 Å². The molecule has 0 fully saturated rings. The van der Waals surface area contributed by atoms with Gasteiger partial charge in [-0.25, -0.2) is 0 Å². The lowest BCUT2D eigenvalue weighted by Crippen LogP contribution is -2.87. The van der Waals surface area contributed by atoms with Gasteiger partial charge in [-0.1, -0.05) is 60.7 Å². The summed E-state index contributed by atoms with van der Waals surface area (Å²) in [4.78, 5) is 13.6. The van der Waals surface area contributed by atoms with Gasteiger partial charge in [-0.3, -0.25) is 4.79 Å². The molecule has 3 rings (SSSR count). The van der Waals surface area contributed by atoms with E-state index in [1.54, 1.807) is 11.3 Å². The van der Waals surface area contributed by atoms with Crippen molar-refractivity contribution < 1.29 is 10.1 Å². The average Bonchev–Trinajstić information content (AvgIpc) is 3.16. The molecular formula is C21H23N2OS+. The number of hydrogen-bond acceptors (Lipinski definition) is 2. The number of carbonyl (C=O) groups excluding carboxylic acids is 1. The van der Waals surface area contributed by atoms with Crippen LogP contribution < -0.4 is 10.6 Å². The third kappa shape index (κ3) is 4.78. The number of aryl methyl sites for hydroxylation is 1. The highest BCUT2D eigenvalue weighted by atomic mass is 32.1. The van der Waals surface area contributed by atoms with Crippen LogP contribution in [-0.4, -0.2) is 12.5 Å². The summed E-state index contributed by atoms with van der Waals surface area (Å²) in [5, 5.41) is 7.21. The molecule has 128 valence electrons. The Labute approximate surface area is 152 Å². The van der Waals surface area contributed by atoms with Gasteiger partial charge in [0.05, 0.1) is 4.88 Å². The van der Waals surface area contributed by atoms with E-state index in [0.717, 1.165) is 5.56 Å². The highest BCUT2D eigenvalue weighted by Crippen LogP contribution is 2.22. The smallest absolute Gasteiger partial charge is 0.275 e. The predicted molar refractivity (Wildman–Crippen MR) is 102 cm³/mol. The molecule has 0 spiro atoms. The molecule has 3 N–H and O–H groups in total. The van der Waals surface area contributed by atoms with Gasteiger partial charge in [0, 0.05) is 12.1 Å². The maximum absolute atomic E-state index is 12.3. The Morgan fingerprint density at radius 2 is 1.80 bits per heavy atom. The minimum Gasteiger partial charge on any atom is -0.347 e. The summed E-state index contributed by atoms with van der Waals surface area (Å²) in [6.45, 7) is 3.05. The summed E-state index contributed by atoms with van der Waals surface area (Å²) in [6, 6.07) is 22.8. The standard InChI is InChI=1S/C21H22N2OS/c1-16-8-5-6-11-18(16)14-22-20(24)15-23-21(19-12-7-13-25-19)17-9-3-2-4-10-17/h2-13,21,23H,14-15H2,1H3,(H,22,24)/p+1/t21-/m0/s1. The second-order valence-corrected chi connectivity index (χ2v) is 7.03. The van der Waals surface area contributed by atoms with Crippen molar-refractivity contribution in [2.24, 2.45) is 0 Å². The van der Waals surface area contributed by atoms with E-state index in [-0.39, 0.29) is 11.9 Å². The highest BCUT2D eigenvalue weighted by molar-refractivity contribution is 7.10. The Hall–Kier alpha value is -2.43. The van der Waals surface area contributed by atoms with E-state index in [9.17, 15) is 4.79 Å². The molecule has 1 amide bonds. The van der Waals surface area contributed by atoms with E-state index in [1.807, 2.05) is 30.3 Å². The molecule has 4 heteroatoms. The monoisotopic (exact) mass is 351 g/mol. The number of nitrogens with two attached hydrogens (primary N) is 1. The number of nitrogens with one attached hydrogen (secondary N) is 1. The predicted octanol–water partition coefficient (Wildman–Crippen LogP) is 3.03. The van der Waals surface area contributed by atoms with E-state index in [4.69, 9.17) is 0 Å². The Morgan fingerprint density at radius 1 is 1.04 bits per heavy atom. The number of rotatable bonds is 7. The molecule has 0 aliphatic carbocycles. The fraction of sp³-hybridized carbons (Fsp3) is 0.190. The van der Waals surface area contributed by atoms with Crippen LogP contribution in [0.15, 0.2) is 72.1 Å². The molecule has 0 unspecified atom stereocenters. The van der Waals surface area contributed by atoms with Crippen LogP contribution in [0.25, 0.3) is 0 Å². The summed E-state index contributed by atoms with van der Waals surface area (Å²) in [5.74, 6) is 0.0562. The molecular weight excluding hydrogens is 328 g/mol. The maximum Gasteiger partial charge on any atom is 0.275 e. The first kappa shape index (κ1) is 17.4. The molecule has 0 saturated carbocycles. The molecule has 1 atom stereocenters. The number of benzene rings is 2. The Kier molecular flexibility index (Phi) is 5.99. The number of quaternary nitrogens is 1. The summed E-state index contributed by atoms with van der Waals surface area (Å²) in [6.07, 6.45) is 0. The average molecular weight is 351 g/mol. The lowest BCUT2D eigenvalue weighted by molar-refractivity contribution is -0.676. The molecule has 3 nitrogen and oxygen atoms in total. The van der Waals surface area contributed by atoms with Crippen molar-refractivity contribution in [3.05, 3.63) is 93.7 Å². The normalized spacial score (nSPS) is 11.9. The third-order valence-electron chi connectivity index (χ3n) is 4.28. The van der Waals surface area contributed by atoms with Crippen molar-refractivity contribution in [1.82, 2.24) is 5.32 Å². The molecule has 0 aliphatic rings. The summed E-state index contributed by atoms with van der Waals surface area (Å²) >= 11 is 1.73. The van der Waals surface area contributed by atoms with Crippen molar-refractivity contribution in [2.75, 3.05) is 6.54 Å². The largest absolute Gasteiger partial charge is 0.347 e. The van der Waals surface area contributed by atoms with Crippen molar-refractivity contribution in [3.8, 4) is 0 Å². The van der Waals surface area contributed by atoms with Crippen LogP contribution >= 0.6 is 11.3 Å². The van der Waals surface area contributed by atoms with Gasteiger partial charge in [-0.15, -0.1) is 11.3 Å². The van der Waals surface area contributed by atoms with Crippen LogP contribution in [0, 0.1) is 6.92 Å². The van der Waals surface area contributed by atoms with Crippen molar-refractivity contribution in [1.29, 1.82) is 0 Å². The van der Waals surface area contributed by atoms with E-state index in [1.165, 1.54) is 16.0 Å². The molecule has 2 aromatic carbocycles. The maximum atomic E-state index is 12.3. The Morgan fingerprint density at radius 3 is 2.52 bits per heavy atom. The number of carbonyl (C=O) groups is 1. The summed E-state index contributed by atoms with van der Waals surface area (Å²) in [7, 11) is 0. The first-order chi connectivity index (χ1) is 12.2. The summed E-state index contributed by atoms with van der Waals surface area (Å²) < 4.78 is 0. The molecule has 0 bridgehead atoms. The minimum absolute atomic E-state index is 0.0562. The first-order valence-electron chi connectivity index (χ1n) is 8.47. The van der Waals surface area contributed by atoms with Crippen LogP contribution in [-0.2, 0) is 11.3 Å². The molecule has 0 aliphatic heterocycles. The van der Waals surface area contributed by atoms with Gasteiger partial charge in [0.1, 0.15) is 6.04 Å². The van der Waals surface area contributed by atoms with Gasteiger partial charge in [-0.05, 0) is 29.5 Å². The van der Waals surface area contributed by atoms with E-state index >= 15 is 0 Å². The van der Waals surface area contributed by atoms with Crippen LogP contribution in [0.4, 0.5) is 0 Å². The third-order valence-corrected chi connectivity index (χ3v) is 5.24. The van der Waals surface area contributed by atoms with Crippen LogP contribution in [0.3, 0.4) is 0 Å². The second kappa shape index (κ2) is 8.60. The van der Waals surface area contributed by atoms with E-state index in [2.05, 4.69) is 59.3 Å². The lowest BCUT2D eigenvalue weighted by Gasteiger charge is -2.15. The molecule has 1 aromatic heterocycles. The lowest BCUT2D eigenvalue weighted by atomic mass is 10.1. The molecule has 0 radical (unpaired) electrons. The van der Waals surface area contributed by atoms with Gasteiger partial charge in [0.25, 0.3) is 5.91 Å². The zero-order valence-corrected chi connectivity index (χ0v) is 15.1. The second-order valence-electron chi connectivity index (χ2n) is 6.05. The fourth-order valence-corrected chi connectivity index (χ4v) is 3.69. The van der Waals surface area contributed by atoms with E-state index < -0.39 is 0 Å². The van der Waals surface area contributed by atoms with E-state index in [0.29, 0.717) is 13.1 Å². The highest BCUT2D eigenvalue weighted by Gasteiger charge is 2.19. The number of amides is 1. The van der Waals surface area contributed by atoms with Crippen molar-refractivity contribution >= 4 is 17.2 Å². The van der Waals surface area contributed by atoms with Crippen molar-refractivity contribution in [2.45, 2.75) is 19.5 Å². The van der Waals surface area contributed by atoms with Gasteiger partial charge in [0.2, 0.25) is 0 Å². The molecule has 1 heterocycles. The Balaban J connectivity index is 1.60. The van der Waals surface area contributed by atoms with Crippen LogP contribution in [0.2, 0.25) is 0 Å². The topological polar surface area (TPSA) is 45.7 Å². The minimum atomic E-state index is 0.0562. The fourth-order valence-electron chi connectivity index (χ4n) is 2.84.